The largest absolute Gasteiger partial charge is 0.490 e. The van der Waals surface area contributed by atoms with Crippen molar-refractivity contribution in [1.82, 2.24) is 19.5 Å². The van der Waals surface area contributed by atoms with Crippen LogP contribution < -0.4 is 19.9 Å². The van der Waals surface area contributed by atoms with E-state index >= 15 is 0 Å². The van der Waals surface area contributed by atoms with Crippen LogP contribution in [-0.4, -0.2) is 43.5 Å². The molecule has 3 aromatic carbocycles. The van der Waals surface area contributed by atoms with Crippen LogP contribution in [0.15, 0.2) is 72.8 Å². The van der Waals surface area contributed by atoms with Gasteiger partial charge in [-0.25, -0.2) is 9.78 Å². The molecule has 0 saturated carbocycles. The maximum Gasteiger partial charge on any atom is 0.338 e. The Morgan fingerprint density at radius 3 is 2.39 bits per heavy atom. The predicted octanol–water partition coefficient (Wildman–Crippen LogP) is 6.41. The number of aromatic nitrogens is 4. The van der Waals surface area contributed by atoms with Crippen LogP contribution in [0, 0.1) is 12.3 Å². The number of amidine groups is 1. The van der Waals surface area contributed by atoms with E-state index in [4.69, 9.17) is 40.1 Å². The van der Waals surface area contributed by atoms with Gasteiger partial charge in [0, 0.05) is 5.56 Å². The molecule has 0 spiro atoms. The summed E-state index contributed by atoms with van der Waals surface area (Å²) in [7, 11) is 0. The Morgan fingerprint density at radius 2 is 1.68 bits per heavy atom. The third kappa shape index (κ3) is 6.95. The Bertz CT molecular complexity index is 1830. The lowest BCUT2D eigenvalue weighted by atomic mass is 10.1. The highest BCUT2D eigenvalue weighted by atomic mass is 16.6. The van der Waals surface area contributed by atoms with Crippen LogP contribution in [0.25, 0.3) is 11.2 Å². The number of ether oxygens (including phenoxy) is 4. The topological polar surface area (TPSA) is 147 Å². The number of nitrogens with one attached hydrogen (secondary N) is 1. The second-order valence-electron chi connectivity index (χ2n) is 11.0. The van der Waals surface area contributed by atoms with Crippen LogP contribution in [0.3, 0.4) is 0 Å². The van der Waals surface area contributed by atoms with Gasteiger partial charge in [0.15, 0.2) is 22.7 Å². The van der Waals surface area contributed by atoms with Gasteiger partial charge in [-0.05, 0) is 76.6 Å². The number of benzene rings is 3. The van der Waals surface area contributed by atoms with Crippen molar-refractivity contribution in [1.29, 1.82) is 5.41 Å². The van der Waals surface area contributed by atoms with Gasteiger partial charge < -0.3 is 29.2 Å². The Kier molecular flexibility index (Phi) is 8.48. The molecule has 2 aromatic heterocycles. The van der Waals surface area contributed by atoms with Crippen molar-refractivity contribution < 1.29 is 23.7 Å². The Balaban J connectivity index is 1.60. The number of hydrogen-bond donors (Lipinski definition) is 2. The molecule has 2 heterocycles. The highest BCUT2D eigenvalue weighted by Gasteiger charge is 2.22. The fourth-order valence-electron chi connectivity index (χ4n) is 4.40. The highest BCUT2D eigenvalue weighted by Crippen LogP contribution is 2.35. The number of rotatable bonds is 10. The summed E-state index contributed by atoms with van der Waals surface area (Å²) < 4.78 is 25.6. The smallest absolute Gasteiger partial charge is 0.338 e. The number of aryl methyl sites for hydroxylation is 1. The van der Waals surface area contributed by atoms with E-state index in [-0.39, 0.29) is 23.5 Å². The fourth-order valence-corrected chi connectivity index (χ4v) is 4.40. The number of carbonyl (C=O) groups excluding carboxylic acids is 1. The molecule has 5 rings (SSSR count). The van der Waals surface area contributed by atoms with Gasteiger partial charge in [0.25, 0.3) is 5.88 Å². The number of hydrogen-bond acceptors (Lipinski definition) is 9. The van der Waals surface area contributed by atoms with E-state index in [1.807, 2.05) is 69.5 Å². The van der Waals surface area contributed by atoms with Crippen molar-refractivity contribution in [2.24, 2.45) is 5.73 Å². The molecule has 0 radical (unpaired) electrons. The Hall–Kier alpha value is -5.45. The van der Waals surface area contributed by atoms with Gasteiger partial charge in [-0.2, -0.15) is 9.97 Å². The zero-order valence-electron chi connectivity index (χ0n) is 25.2. The van der Waals surface area contributed by atoms with E-state index in [1.54, 1.807) is 42.5 Å². The third-order valence-corrected chi connectivity index (χ3v) is 6.36. The van der Waals surface area contributed by atoms with E-state index in [0.29, 0.717) is 52.8 Å². The summed E-state index contributed by atoms with van der Waals surface area (Å²) in [6, 6.07) is 21.5. The summed E-state index contributed by atoms with van der Waals surface area (Å²) in [5.41, 5.74) is 7.81. The van der Waals surface area contributed by atoms with Crippen LogP contribution in [0.1, 0.15) is 55.0 Å². The molecule has 0 aliphatic heterocycles. The molecule has 0 atom stereocenters. The number of esters is 1. The fraction of sp³-hybridized carbons (Fsp3) is 0.242. The zero-order valence-corrected chi connectivity index (χ0v) is 25.2. The first kappa shape index (κ1) is 30.0. The molecule has 11 heteroatoms. The molecule has 5 aromatic rings. The molecule has 226 valence electrons. The van der Waals surface area contributed by atoms with Gasteiger partial charge in [-0.3, -0.25) is 5.41 Å². The molecule has 0 unspecified atom stereocenters. The Labute approximate surface area is 255 Å². The molecule has 0 amide bonds. The normalized spacial score (nSPS) is 11.3. The number of nitrogens with zero attached hydrogens (tertiary/aromatic N) is 4. The molecule has 44 heavy (non-hydrogen) atoms. The van der Waals surface area contributed by atoms with Crippen LogP contribution in [0.5, 0.6) is 29.1 Å². The summed E-state index contributed by atoms with van der Waals surface area (Å²) in [6.45, 7) is 10.0. The van der Waals surface area contributed by atoms with Crippen molar-refractivity contribution in [3.63, 3.8) is 0 Å². The van der Waals surface area contributed by atoms with Crippen molar-refractivity contribution in [2.45, 2.75) is 46.8 Å². The molecule has 3 N–H and O–H groups in total. The number of imidazole rings is 1. The average Bonchev–Trinajstić information content (AvgIpc) is 3.28. The number of nitrogen functional groups attached to an aromatic ring is 1. The maximum atomic E-state index is 12.7. The first-order valence-corrected chi connectivity index (χ1v) is 14.1. The van der Waals surface area contributed by atoms with Crippen molar-refractivity contribution in [3.8, 4) is 29.1 Å². The zero-order chi connectivity index (χ0) is 31.4. The molecular formula is C33H34N6O5. The van der Waals surface area contributed by atoms with Crippen molar-refractivity contribution in [2.75, 3.05) is 6.61 Å². The second kappa shape index (κ2) is 12.4. The van der Waals surface area contributed by atoms with Gasteiger partial charge >= 0.3 is 12.0 Å². The van der Waals surface area contributed by atoms with Crippen LogP contribution in [-0.2, 0) is 11.3 Å². The first-order chi connectivity index (χ1) is 21.0. The molecule has 0 fully saturated rings. The minimum Gasteiger partial charge on any atom is -0.490 e. The number of carbonyl (C=O) groups is 1. The molecule has 0 aliphatic rings. The SMILES string of the molecule is CCOc1ccc(C(=N)N)cc1Oc1nc(Oc2cccc(C(=O)OC(C)(C)C)c2)c2nc(C)n(Cc3ccccc3)c2n1. The lowest BCUT2D eigenvalue weighted by Crippen LogP contribution is -2.23. The van der Waals surface area contributed by atoms with Gasteiger partial charge in [0.05, 0.1) is 18.7 Å². The summed E-state index contributed by atoms with van der Waals surface area (Å²) >= 11 is 0. The van der Waals surface area contributed by atoms with Gasteiger partial charge in [-0.1, -0.05) is 36.4 Å². The van der Waals surface area contributed by atoms with E-state index in [0.717, 1.165) is 5.56 Å². The molecular weight excluding hydrogens is 560 g/mol. The molecule has 11 nitrogen and oxygen atoms in total. The standard InChI is InChI=1S/C33H34N6O5/c1-6-41-25-16-15-22(28(34)35)18-26(25)43-32-37-29-27(36-20(2)39(29)19-21-11-8-7-9-12-21)30(38-32)42-24-14-10-13-23(17-24)31(40)44-33(3,4)5/h7-18H,6,19H2,1-5H3,(H3,34,35). The average molecular weight is 595 g/mol. The first-order valence-electron chi connectivity index (χ1n) is 14.1. The summed E-state index contributed by atoms with van der Waals surface area (Å²) in [4.78, 5) is 26.8. The summed E-state index contributed by atoms with van der Waals surface area (Å²) in [5.74, 6) is 1.28. The monoisotopic (exact) mass is 594 g/mol. The lowest BCUT2D eigenvalue weighted by Gasteiger charge is -2.19. The van der Waals surface area contributed by atoms with Gasteiger partial charge in [0.2, 0.25) is 0 Å². The van der Waals surface area contributed by atoms with Gasteiger partial charge in [-0.15, -0.1) is 0 Å². The number of fused-ring (bicyclic) bond motifs is 1. The van der Waals surface area contributed by atoms with E-state index < -0.39 is 11.6 Å². The molecule has 0 bridgehead atoms. The highest BCUT2D eigenvalue weighted by molar-refractivity contribution is 5.95. The second-order valence-corrected chi connectivity index (χ2v) is 11.0. The lowest BCUT2D eigenvalue weighted by molar-refractivity contribution is 0.00691. The molecule has 0 aliphatic carbocycles. The van der Waals surface area contributed by atoms with Crippen molar-refractivity contribution in [3.05, 3.63) is 95.3 Å². The Morgan fingerprint density at radius 1 is 0.909 bits per heavy atom. The molecule has 0 saturated heterocycles. The van der Waals surface area contributed by atoms with E-state index in [2.05, 4.69) is 4.98 Å². The summed E-state index contributed by atoms with van der Waals surface area (Å²) in [6.07, 6.45) is 0. The maximum absolute atomic E-state index is 12.7. The predicted molar refractivity (Wildman–Crippen MR) is 166 cm³/mol. The van der Waals surface area contributed by atoms with Gasteiger partial charge in [0.1, 0.15) is 23.0 Å². The van der Waals surface area contributed by atoms with Crippen molar-refractivity contribution >= 4 is 23.0 Å². The summed E-state index contributed by atoms with van der Waals surface area (Å²) in [5, 5.41) is 7.87. The van der Waals surface area contributed by atoms with E-state index in [9.17, 15) is 4.79 Å². The van der Waals surface area contributed by atoms with Crippen LogP contribution in [0.2, 0.25) is 0 Å². The third-order valence-electron chi connectivity index (χ3n) is 6.36. The number of nitrogens with two attached hydrogens (primary N) is 1. The van der Waals surface area contributed by atoms with Crippen LogP contribution in [0.4, 0.5) is 0 Å². The minimum atomic E-state index is -0.651. The quantitative estimate of drug-likeness (QED) is 0.106. The minimum absolute atomic E-state index is 0.0355. The van der Waals surface area contributed by atoms with E-state index in [1.165, 1.54) is 0 Å². The van der Waals surface area contributed by atoms with Crippen LogP contribution >= 0.6 is 0 Å².